The standard InChI is InChI=1S/C15H20BrNO4/c1-15(2)11(7-12(15)18)17-14(19)9-5-8(20-3)6-10(16)13(9)21-4/h5-6,11-12,18H,7H2,1-4H3,(H,17,19). The molecule has 21 heavy (non-hydrogen) atoms. The average molecular weight is 358 g/mol. The average Bonchev–Trinajstić information content (AvgIpc) is 2.45. The summed E-state index contributed by atoms with van der Waals surface area (Å²) in [4.78, 5) is 12.5. The minimum Gasteiger partial charge on any atom is -0.497 e. The number of aliphatic hydroxyl groups is 1. The van der Waals surface area contributed by atoms with E-state index in [1.54, 1.807) is 19.2 Å². The van der Waals surface area contributed by atoms with Crippen LogP contribution in [0.1, 0.15) is 30.6 Å². The Bertz CT molecular complexity index is 559. The molecule has 1 fully saturated rings. The first-order valence-corrected chi connectivity index (χ1v) is 7.51. The number of ether oxygens (including phenoxy) is 2. The summed E-state index contributed by atoms with van der Waals surface area (Å²) in [6.07, 6.45) is 0.174. The Morgan fingerprint density at radius 1 is 1.38 bits per heavy atom. The van der Waals surface area contributed by atoms with Crippen LogP contribution in [0.5, 0.6) is 11.5 Å². The Labute approximate surface area is 132 Å². The van der Waals surface area contributed by atoms with Gasteiger partial charge >= 0.3 is 0 Å². The normalized spacial score (nSPS) is 23.1. The molecule has 1 aromatic rings. The quantitative estimate of drug-likeness (QED) is 0.867. The van der Waals surface area contributed by atoms with Gasteiger partial charge in [-0.25, -0.2) is 0 Å². The van der Waals surface area contributed by atoms with Crippen LogP contribution >= 0.6 is 15.9 Å². The lowest BCUT2D eigenvalue weighted by molar-refractivity contribution is -0.0689. The van der Waals surface area contributed by atoms with Gasteiger partial charge in [0.2, 0.25) is 0 Å². The minimum absolute atomic E-state index is 0.0605. The zero-order valence-corrected chi connectivity index (χ0v) is 14.2. The van der Waals surface area contributed by atoms with Gasteiger partial charge in [-0.15, -0.1) is 0 Å². The van der Waals surface area contributed by atoms with Gasteiger partial charge in [-0.3, -0.25) is 4.79 Å². The number of methoxy groups -OCH3 is 2. The summed E-state index contributed by atoms with van der Waals surface area (Å²) < 4.78 is 11.1. The molecule has 0 aromatic heterocycles. The first kappa shape index (κ1) is 16.1. The molecule has 0 saturated heterocycles. The lowest BCUT2D eigenvalue weighted by Crippen LogP contribution is -2.61. The van der Waals surface area contributed by atoms with Gasteiger partial charge in [0.25, 0.3) is 5.91 Å². The van der Waals surface area contributed by atoms with Gasteiger partial charge in [-0.1, -0.05) is 13.8 Å². The van der Waals surface area contributed by atoms with Crippen LogP contribution in [-0.2, 0) is 0 Å². The summed E-state index contributed by atoms with van der Waals surface area (Å²) in [6.45, 7) is 3.87. The fraction of sp³-hybridized carbons (Fsp3) is 0.533. The molecule has 1 aliphatic rings. The molecule has 2 N–H and O–H groups in total. The van der Waals surface area contributed by atoms with Crippen molar-refractivity contribution in [2.24, 2.45) is 5.41 Å². The van der Waals surface area contributed by atoms with Crippen LogP contribution < -0.4 is 14.8 Å². The molecule has 1 aromatic carbocycles. The Balaban J connectivity index is 2.25. The molecule has 2 rings (SSSR count). The van der Waals surface area contributed by atoms with E-state index in [2.05, 4.69) is 21.2 Å². The molecule has 2 unspecified atom stereocenters. The first-order valence-electron chi connectivity index (χ1n) is 6.71. The lowest BCUT2D eigenvalue weighted by atomic mass is 9.64. The summed E-state index contributed by atoms with van der Waals surface area (Å²) in [5.41, 5.74) is 0.0832. The van der Waals surface area contributed by atoms with Crippen molar-refractivity contribution in [1.82, 2.24) is 5.32 Å². The van der Waals surface area contributed by atoms with Crippen molar-refractivity contribution in [3.63, 3.8) is 0 Å². The topological polar surface area (TPSA) is 67.8 Å². The van der Waals surface area contributed by atoms with Crippen molar-refractivity contribution in [3.8, 4) is 11.5 Å². The second kappa shape index (κ2) is 5.85. The SMILES string of the molecule is COc1cc(Br)c(OC)c(C(=O)NC2CC(O)C2(C)C)c1. The molecule has 0 radical (unpaired) electrons. The number of aliphatic hydroxyl groups excluding tert-OH is 1. The highest BCUT2D eigenvalue weighted by Gasteiger charge is 2.48. The highest BCUT2D eigenvalue weighted by Crippen LogP contribution is 2.41. The third-order valence-corrected chi connectivity index (χ3v) is 4.81. The fourth-order valence-electron chi connectivity index (χ4n) is 2.45. The number of rotatable bonds is 4. The second-order valence-electron chi connectivity index (χ2n) is 5.79. The van der Waals surface area contributed by atoms with Crippen LogP contribution in [0.4, 0.5) is 0 Å². The number of hydrogen-bond donors (Lipinski definition) is 2. The van der Waals surface area contributed by atoms with Crippen molar-refractivity contribution in [3.05, 3.63) is 22.2 Å². The van der Waals surface area contributed by atoms with Crippen LogP contribution in [0.25, 0.3) is 0 Å². The zero-order valence-electron chi connectivity index (χ0n) is 12.6. The van der Waals surface area contributed by atoms with Crippen molar-refractivity contribution in [2.45, 2.75) is 32.4 Å². The largest absolute Gasteiger partial charge is 0.497 e. The Morgan fingerprint density at radius 3 is 2.52 bits per heavy atom. The van der Waals surface area contributed by atoms with Crippen LogP contribution in [-0.4, -0.2) is 37.4 Å². The van der Waals surface area contributed by atoms with Crippen LogP contribution in [0.3, 0.4) is 0 Å². The van der Waals surface area contributed by atoms with Gasteiger partial charge in [-0.2, -0.15) is 0 Å². The number of carbonyl (C=O) groups is 1. The molecule has 2 atom stereocenters. The van der Waals surface area contributed by atoms with Crippen molar-refractivity contribution < 1.29 is 19.4 Å². The molecule has 0 aliphatic heterocycles. The molecule has 0 spiro atoms. The minimum atomic E-state index is -0.387. The van der Waals surface area contributed by atoms with Gasteiger partial charge in [-0.05, 0) is 34.5 Å². The Hall–Kier alpha value is -1.27. The van der Waals surface area contributed by atoms with Gasteiger partial charge in [0.15, 0.2) is 0 Å². The van der Waals surface area contributed by atoms with Crippen molar-refractivity contribution in [1.29, 1.82) is 0 Å². The number of benzene rings is 1. The van der Waals surface area contributed by atoms with Gasteiger partial charge in [0.05, 0.1) is 30.4 Å². The number of halogens is 1. The van der Waals surface area contributed by atoms with Gasteiger partial charge in [0, 0.05) is 11.5 Å². The summed E-state index contributed by atoms with van der Waals surface area (Å²) in [6, 6.07) is 3.32. The summed E-state index contributed by atoms with van der Waals surface area (Å²) >= 11 is 3.37. The third kappa shape index (κ3) is 2.87. The van der Waals surface area contributed by atoms with E-state index in [0.717, 1.165) is 0 Å². The third-order valence-electron chi connectivity index (χ3n) is 4.22. The maximum absolute atomic E-state index is 12.5. The van der Waals surface area contributed by atoms with Gasteiger partial charge in [0.1, 0.15) is 11.5 Å². The second-order valence-corrected chi connectivity index (χ2v) is 6.64. The van der Waals surface area contributed by atoms with E-state index in [1.807, 2.05) is 13.8 Å². The predicted octanol–water partition coefficient (Wildman–Crippen LogP) is 2.36. The predicted molar refractivity (Wildman–Crippen MR) is 82.9 cm³/mol. The monoisotopic (exact) mass is 357 g/mol. The summed E-state index contributed by atoms with van der Waals surface area (Å²) in [5.74, 6) is 0.795. The number of nitrogens with one attached hydrogen (secondary N) is 1. The Morgan fingerprint density at radius 2 is 2.05 bits per heavy atom. The molecular formula is C15H20BrNO4. The van der Waals surface area contributed by atoms with E-state index in [0.29, 0.717) is 28.0 Å². The van der Waals surface area contributed by atoms with Crippen LogP contribution in [0.15, 0.2) is 16.6 Å². The van der Waals surface area contributed by atoms with E-state index < -0.39 is 0 Å². The molecule has 1 aliphatic carbocycles. The smallest absolute Gasteiger partial charge is 0.255 e. The molecule has 116 valence electrons. The zero-order chi connectivity index (χ0) is 15.8. The van der Waals surface area contributed by atoms with Crippen LogP contribution in [0.2, 0.25) is 0 Å². The highest BCUT2D eigenvalue weighted by atomic mass is 79.9. The molecule has 1 saturated carbocycles. The number of hydrogen-bond acceptors (Lipinski definition) is 4. The maximum Gasteiger partial charge on any atom is 0.255 e. The van der Waals surface area contributed by atoms with Crippen molar-refractivity contribution >= 4 is 21.8 Å². The van der Waals surface area contributed by atoms with E-state index in [9.17, 15) is 9.90 Å². The van der Waals surface area contributed by atoms with E-state index in [1.165, 1.54) is 7.11 Å². The van der Waals surface area contributed by atoms with E-state index in [4.69, 9.17) is 9.47 Å². The molecule has 1 amide bonds. The van der Waals surface area contributed by atoms with Crippen molar-refractivity contribution in [2.75, 3.05) is 14.2 Å². The molecular weight excluding hydrogens is 338 g/mol. The van der Waals surface area contributed by atoms with E-state index >= 15 is 0 Å². The maximum atomic E-state index is 12.5. The summed E-state index contributed by atoms with van der Waals surface area (Å²) in [5, 5.41) is 12.7. The van der Waals surface area contributed by atoms with Crippen LogP contribution in [0, 0.1) is 5.41 Å². The molecule has 6 heteroatoms. The first-order chi connectivity index (χ1) is 9.81. The number of carbonyl (C=O) groups excluding carboxylic acids is 1. The summed E-state index contributed by atoms with van der Waals surface area (Å²) in [7, 11) is 3.06. The highest BCUT2D eigenvalue weighted by molar-refractivity contribution is 9.10. The molecule has 0 heterocycles. The Kier molecular flexibility index (Phi) is 4.49. The fourth-order valence-corrected chi connectivity index (χ4v) is 3.05. The number of amides is 1. The van der Waals surface area contributed by atoms with Gasteiger partial charge < -0.3 is 19.9 Å². The lowest BCUT2D eigenvalue weighted by Gasteiger charge is -2.49. The van der Waals surface area contributed by atoms with E-state index in [-0.39, 0.29) is 23.5 Å². The molecule has 5 nitrogen and oxygen atoms in total. The molecule has 0 bridgehead atoms.